The molecule has 0 saturated carbocycles. The molecule has 0 unspecified atom stereocenters. The Hall–Kier alpha value is -3.88. The molecule has 2 amide bonds. The zero-order chi connectivity index (χ0) is 19.2. The number of ether oxygens (including phenoxy) is 2. The maximum Gasteiger partial charge on any atom is 0.326 e. The molecule has 9 nitrogen and oxygen atoms in total. The molecule has 27 heavy (non-hydrogen) atoms. The third-order valence-corrected chi connectivity index (χ3v) is 3.63. The highest BCUT2D eigenvalue weighted by Crippen LogP contribution is 2.32. The molecule has 4 N–H and O–H groups in total. The average Bonchev–Trinajstić information content (AvgIpc) is 2.68. The summed E-state index contributed by atoms with van der Waals surface area (Å²) < 4.78 is 10.5. The molecule has 0 bridgehead atoms. The average molecular weight is 366 g/mol. The molecule has 3 rings (SSSR count). The summed E-state index contributed by atoms with van der Waals surface area (Å²) >= 11 is 0. The van der Waals surface area contributed by atoms with Crippen molar-refractivity contribution in [2.75, 3.05) is 30.6 Å². The highest BCUT2D eigenvalue weighted by Gasteiger charge is 2.13. The van der Waals surface area contributed by atoms with Crippen molar-refractivity contribution >= 4 is 23.5 Å². The van der Waals surface area contributed by atoms with Crippen LogP contribution in [-0.4, -0.2) is 35.4 Å². The molecule has 0 atom stereocenters. The minimum Gasteiger partial charge on any atom is -0.493 e. The van der Waals surface area contributed by atoms with Crippen molar-refractivity contribution in [1.29, 1.82) is 0 Å². The molecule has 1 aromatic heterocycles. The number of anilines is 3. The van der Waals surface area contributed by atoms with Gasteiger partial charge in [-0.3, -0.25) is 5.32 Å². The second kappa shape index (κ2) is 8.00. The first kappa shape index (κ1) is 17.9. The molecule has 0 aliphatic carbocycles. The molecular formula is C18H18N6O3. The lowest BCUT2D eigenvalue weighted by atomic mass is 10.1. The van der Waals surface area contributed by atoms with Crippen LogP contribution in [0.4, 0.5) is 22.2 Å². The highest BCUT2D eigenvalue weighted by molar-refractivity contribution is 5.98. The largest absolute Gasteiger partial charge is 0.493 e. The van der Waals surface area contributed by atoms with Gasteiger partial charge in [0.2, 0.25) is 0 Å². The number of carbonyl (C=O) groups is 1. The van der Waals surface area contributed by atoms with Gasteiger partial charge in [-0.25, -0.2) is 4.79 Å². The van der Waals surface area contributed by atoms with Crippen molar-refractivity contribution in [1.82, 2.24) is 15.2 Å². The van der Waals surface area contributed by atoms with Gasteiger partial charge in [0.1, 0.15) is 5.69 Å². The maximum atomic E-state index is 12.0. The standard InChI is InChI=1S/C18H18N6O3/c1-26-13-9-8-11(10-14(13)27-2)15-16(19)21-17(24-23-15)22-18(25)20-12-6-4-3-5-7-12/h3-10H,1-2H3,(H4,19,20,21,22,24,25). The summed E-state index contributed by atoms with van der Waals surface area (Å²) in [5, 5.41) is 13.1. The normalized spacial score (nSPS) is 10.1. The Bertz CT molecular complexity index is 949. The Morgan fingerprint density at radius 1 is 0.963 bits per heavy atom. The number of carbonyl (C=O) groups excluding carboxylic acids is 1. The number of nitrogens with one attached hydrogen (secondary N) is 2. The van der Waals surface area contributed by atoms with Gasteiger partial charge in [-0.2, -0.15) is 4.98 Å². The lowest BCUT2D eigenvalue weighted by Crippen LogP contribution is -2.21. The van der Waals surface area contributed by atoms with Crippen LogP contribution >= 0.6 is 0 Å². The summed E-state index contributed by atoms with van der Waals surface area (Å²) in [4.78, 5) is 16.1. The van der Waals surface area contributed by atoms with Crippen LogP contribution in [0.25, 0.3) is 11.3 Å². The number of para-hydroxylation sites is 1. The summed E-state index contributed by atoms with van der Waals surface area (Å²) in [5.41, 5.74) is 7.65. The first-order valence-corrected chi connectivity index (χ1v) is 7.96. The van der Waals surface area contributed by atoms with Crippen molar-refractivity contribution in [3.05, 3.63) is 48.5 Å². The second-order valence-corrected chi connectivity index (χ2v) is 5.38. The number of aromatic nitrogens is 3. The minimum atomic E-state index is -0.499. The molecule has 0 radical (unpaired) electrons. The number of urea groups is 1. The molecule has 0 spiro atoms. The molecule has 2 aromatic carbocycles. The first-order valence-electron chi connectivity index (χ1n) is 7.96. The quantitative estimate of drug-likeness (QED) is 0.634. The zero-order valence-electron chi connectivity index (χ0n) is 14.8. The van der Waals surface area contributed by atoms with Crippen molar-refractivity contribution in [3.63, 3.8) is 0 Å². The van der Waals surface area contributed by atoms with Crippen LogP contribution in [0.5, 0.6) is 11.5 Å². The van der Waals surface area contributed by atoms with Crippen molar-refractivity contribution in [2.45, 2.75) is 0 Å². The molecule has 0 saturated heterocycles. The number of hydrogen-bond donors (Lipinski definition) is 3. The smallest absolute Gasteiger partial charge is 0.326 e. The number of hydrogen-bond acceptors (Lipinski definition) is 7. The second-order valence-electron chi connectivity index (χ2n) is 5.38. The van der Waals surface area contributed by atoms with Gasteiger partial charge < -0.3 is 20.5 Å². The van der Waals surface area contributed by atoms with Gasteiger partial charge in [0.25, 0.3) is 5.95 Å². The van der Waals surface area contributed by atoms with E-state index in [1.165, 1.54) is 7.11 Å². The van der Waals surface area contributed by atoms with Gasteiger partial charge in [-0.1, -0.05) is 18.2 Å². The number of rotatable bonds is 5. The Morgan fingerprint density at radius 2 is 1.70 bits per heavy atom. The molecular weight excluding hydrogens is 348 g/mol. The van der Waals surface area contributed by atoms with Crippen LogP contribution < -0.4 is 25.8 Å². The predicted octanol–water partition coefficient (Wildman–Crippen LogP) is 2.78. The van der Waals surface area contributed by atoms with E-state index in [9.17, 15) is 4.79 Å². The lowest BCUT2D eigenvalue weighted by molar-refractivity contribution is 0.262. The third kappa shape index (κ3) is 4.21. The monoisotopic (exact) mass is 366 g/mol. The van der Waals surface area contributed by atoms with Crippen LogP contribution in [-0.2, 0) is 0 Å². The molecule has 3 aromatic rings. The van der Waals surface area contributed by atoms with E-state index in [0.717, 1.165) is 0 Å². The molecule has 0 aliphatic rings. The van der Waals surface area contributed by atoms with E-state index >= 15 is 0 Å². The fourth-order valence-electron chi connectivity index (χ4n) is 2.37. The predicted molar refractivity (Wildman–Crippen MR) is 102 cm³/mol. The highest BCUT2D eigenvalue weighted by atomic mass is 16.5. The van der Waals surface area contributed by atoms with Crippen LogP contribution in [0.15, 0.2) is 48.5 Å². The molecule has 138 valence electrons. The van der Waals surface area contributed by atoms with E-state index in [2.05, 4.69) is 25.8 Å². The van der Waals surface area contributed by atoms with Crippen molar-refractivity contribution in [3.8, 4) is 22.8 Å². The van der Waals surface area contributed by atoms with Gasteiger partial charge in [0.05, 0.1) is 14.2 Å². The summed E-state index contributed by atoms with van der Waals surface area (Å²) in [6.45, 7) is 0. The fourth-order valence-corrected chi connectivity index (χ4v) is 2.37. The minimum absolute atomic E-state index is 0.00911. The maximum absolute atomic E-state index is 12.0. The Balaban J connectivity index is 1.77. The number of methoxy groups -OCH3 is 2. The number of nitrogens with two attached hydrogens (primary N) is 1. The molecule has 0 fully saturated rings. The molecule has 0 aliphatic heterocycles. The van der Waals surface area contributed by atoms with Gasteiger partial charge in [-0.05, 0) is 30.3 Å². The van der Waals surface area contributed by atoms with Gasteiger partial charge in [0, 0.05) is 11.3 Å². The van der Waals surface area contributed by atoms with Gasteiger partial charge in [0.15, 0.2) is 17.3 Å². The molecule has 9 heteroatoms. The number of amides is 2. The van der Waals surface area contributed by atoms with Crippen molar-refractivity contribution < 1.29 is 14.3 Å². The van der Waals surface area contributed by atoms with Crippen molar-refractivity contribution in [2.24, 2.45) is 0 Å². The van der Waals surface area contributed by atoms with E-state index in [1.807, 2.05) is 18.2 Å². The Kier molecular flexibility index (Phi) is 5.31. The van der Waals surface area contributed by atoms with Crippen LogP contribution in [0.3, 0.4) is 0 Å². The van der Waals surface area contributed by atoms with Crippen LogP contribution in [0, 0.1) is 0 Å². The number of benzene rings is 2. The fraction of sp³-hybridized carbons (Fsp3) is 0.111. The van der Waals surface area contributed by atoms with E-state index in [1.54, 1.807) is 37.4 Å². The first-order chi connectivity index (χ1) is 13.1. The Morgan fingerprint density at radius 3 is 2.37 bits per heavy atom. The van der Waals surface area contributed by atoms with Gasteiger partial charge >= 0.3 is 6.03 Å². The topological polar surface area (TPSA) is 124 Å². The molecule has 1 heterocycles. The van der Waals surface area contributed by atoms with E-state index < -0.39 is 6.03 Å². The lowest BCUT2D eigenvalue weighted by Gasteiger charge is -2.10. The Labute approximate surface area is 155 Å². The number of nitrogens with zero attached hydrogens (tertiary/aromatic N) is 3. The SMILES string of the molecule is COc1ccc(-c2nnc(NC(=O)Nc3ccccc3)nc2N)cc1OC. The summed E-state index contributed by atoms with van der Waals surface area (Å²) in [7, 11) is 3.08. The summed E-state index contributed by atoms with van der Waals surface area (Å²) in [6.07, 6.45) is 0. The zero-order valence-corrected chi connectivity index (χ0v) is 14.8. The van der Waals surface area contributed by atoms with E-state index in [0.29, 0.717) is 28.4 Å². The van der Waals surface area contributed by atoms with E-state index in [4.69, 9.17) is 15.2 Å². The number of nitrogen functional groups attached to an aromatic ring is 1. The van der Waals surface area contributed by atoms with Crippen LogP contribution in [0.1, 0.15) is 0 Å². The summed E-state index contributed by atoms with van der Waals surface area (Å²) in [5.74, 6) is 1.22. The summed E-state index contributed by atoms with van der Waals surface area (Å²) in [6, 6.07) is 13.7. The van der Waals surface area contributed by atoms with Gasteiger partial charge in [-0.15, -0.1) is 10.2 Å². The van der Waals surface area contributed by atoms with Crippen LogP contribution in [0.2, 0.25) is 0 Å². The van der Waals surface area contributed by atoms with E-state index in [-0.39, 0.29) is 11.8 Å². The third-order valence-electron chi connectivity index (χ3n) is 3.63.